The minimum absolute atomic E-state index is 0.375. The van der Waals surface area contributed by atoms with E-state index in [1.165, 1.54) is 4.31 Å². The lowest BCUT2D eigenvalue weighted by Crippen LogP contribution is -2.43. The maximum absolute atomic E-state index is 12.2. The van der Waals surface area contributed by atoms with Crippen molar-refractivity contribution in [1.82, 2.24) is 9.62 Å². The Balaban J connectivity index is 2.27. The second-order valence-electron chi connectivity index (χ2n) is 3.89. The van der Waals surface area contributed by atoms with Crippen LogP contribution in [0, 0.1) is 6.92 Å². The van der Waals surface area contributed by atoms with Crippen LogP contribution in [0.1, 0.15) is 5.56 Å². The zero-order valence-corrected chi connectivity index (χ0v) is 10.1. The molecule has 16 heavy (non-hydrogen) atoms. The molecule has 1 aromatic carbocycles. The van der Waals surface area contributed by atoms with Gasteiger partial charge in [-0.1, -0.05) is 17.7 Å². The van der Waals surface area contributed by atoms with Gasteiger partial charge in [-0.2, -0.15) is 4.31 Å². The zero-order chi connectivity index (χ0) is 11.6. The van der Waals surface area contributed by atoms with Crippen molar-refractivity contribution in [2.45, 2.75) is 11.8 Å². The van der Waals surface area contributed by atoms with Gasteiger partial charge in [0.2, 0.25) is 10.0 Å². The SMILES string of the molecule is Cc1ccc(S(=O)(=O)N2CC[N]CC2)cc1. The van der Waals surface area contributed by atoms with Gasteiger partial charge in [-0.15, -0.1) is 0 Å². The van der Waals surface area contributed by atoms with E-state index in [0.29, 0.717) is 31.1 Å². The van der Waals surface area contributed by atoms with E-state index in [0.717, 1.165) is 5.56 Å². The Morgan fingerprint density at radius 2 is 1.69 bits per heavy atom. The molecule has 0 unspecified atom stereocenters. The highest BCUT2D eigenvalue weighted by Gasteiger charge is 2.25. The Bertz CT molecular complexity index is 447. The molecule has 2 rings (SSSR count). The van der Waals surface area contributed by atoms with E-state index in [1.807, 2.05) is 19.1 Å². The molecule has 0 atom stereocenters. The average molecular weight is 239 g/mol. The van der Waals surface area contributed by atoms with Gasteiger partial charge in [-0.05, 0) is 19.1 Å². The molecule has 0 bridgehead atoms. The summed E-state index contributed by atoms with van der Waals surface area (Å²) in [5.41, 5.74) is 1.06. The van der Waals surface area contributed by atoms with Gasteiger partial charge < -0.3 is 0 Å². The summed E-state index contributed by atoms with van der Waals surface area (Å²) in [6, 6.07) is 6.97. The molecule has 0 spiro atoms. The number of rotatable bonds is 2. The van der Waals surface area contributed by atoms with Crippen LogP contribution in [0.25, 0.3) is 0 Å². The third kappa shape index (κ3) is 2.26. The van der Waals surface area contributed by atoms with Crippen molar-refractivity contribution in [2.75, 3.05) is 26.2 Å². The van der Waals surface area contributed by atoms with E-state index in [2.05, 4.69) is 5.32 Å². The van der Waals surface area contributed by atoms with Crippen molar-refractivity contribution in [1.29, 1.82) is 0 Å². The van der Waals surface area contributed by atoms with Crippen LogP contribution in [-0.2, 0) is 10.0 Å². The van der Waals surface area contributed by atoms with E-state index in [4.69, 9.17) is 0 Å². The second kappa shape index (κ2) is 4.53. The largest absolute Gasteiger partial charge is 0.243 e. The van der Waals surface area contributed by atoms with E-state index in [9.17, 15) is 8.42 Å². The van der Waals surface area contributed by atoms with Crippen molar-refractivity contribution >= 4 is 10.0 Å². The Kier molecular flexibility index (Phi) is 3.28. The summed E-state index contributed by atoms with van der Waals surface area (Å²) in [6.07, 6.45) is 0. The van der Waals surface area contributed by atoms with Crippen molar-refractivity contribution in [3.8, 4) is 0 Å². The number of piperazine rings is 1. The molecule has 4 nitrogen and oxygen atoms in total. The van der Waals surface area contributed by atoms with Crippen molar-refractivity contribution in [3.63, 3.8) is 0 Å². The maximum atomic E-state index is 12.2. The van der Waals surface area contributed by atoms with Gasteiger partial charge in [0.05, 0.1) is 4.90 Å². The standard InChI is InChI=1S/C11H15N2O2S/c1-10-2-4-11(5-3-10)16(14,15)13-8-6-12-7-9-13/h2-5H,6-9H2,1H3. The Morgan fingerprint density at radius 1 is 1.12 bits per heavy atom. The molecule has 1 radical (unpaired) electrons. The minimum Gasteiger partial charge on any atom is -0.239 e. The van der Waals surface area contributed by atoms with Crippen LogP contribution < -0.4 is 5.32 Å². The lowest BCUT2D eigenvalue weighted by Gasteiger charge is -2.25. The number of benzene rings is 1. The first-order chi connectivity index (χ1) is 7.60. The molecule has 0 saturated carbocycles. The molecule has 5 heteroatoms. The fourth-order valence-electron chi connectivity index (χ4n) is 1.69. The molecular weight excluding hydrogens is 224 g/mol. The fourth-order valence-corrected chi connectivity index (χ4v) is 3.11. The highest BCUT2D eigenvalue weighted by atomic mass is 32.2. The van der Waals surface area contributed by atoms with E-state index < -0.39 is 10.0 Å². The molecule has 0 N–H and O–H groups in total. The van der Waals surface area contributed by atoms with Crippen molar-refractivity contribution < 1.29 is 8.42 Å². The molecule has 1 heterocycles. The van der Waals surface area contributed by atoms with Crippen LogP contribution >= 0.6 is 0 Å². The zero-order valence-electron chi connectivity index (χ0n) is 9.26. The smallest absolute Gasteiger partial charge is 0.239 e. The second-order valence-corrected chi connectivity index (χ2v) is 5.83. The van der Waals surface area contributed by atoms with Crippen LogP contribution in [0.3, 0.4) is 0 Å². The monoisotopic (exact) mass is 239 g/mol. The molecule has 1 aliphatic rings. The maximum Gasteiger partial charge on any atom is 0.243 e. The minimum atomic E-state index is -3.31. The molecule has 0 aliphatic carbocycles. The number of hydrogen-bond acceptors (Lipinski definition) is 2. The molecule has 0 aromatic heterocycles. The molecule has 1 aliphatic heterocycles. The van der Waals surface area contributed by atoms with E-state index >= 15 is 0 Å². The number of sulfonamides is 1. The lowest BCUT2D eigenvalue weighted by molar-refractivity contribution is 0.356. The van der Waals surface area contributed by atoms with Gasteiger partial charge in [-0.3, -0.25) is 0 Å². The Labute approximate surface area is 96.3 Å². The fraction of sp³-hybridized carbons (Fsp3) is 0.455. The first kappa shape index (κ1) is 11.6. The van der Waals surface area contributed by atoms with Crippen LogP contribution in [0.2, 0.25) is 0 Å². The Hall–Kier alpha value is -0.910. The van der Waals surface area contributed by atoms with Crippen LogP contribution in [0.4, 0.5) is 0 Å². The average Bonchev–Trinajstić information content (AvgIpc) is 2.31. The van der Waals surface area contributed by atoms with E-state index in [1.54, 1.807) is 12.1 Å². The number of hydrogen-bond donors (Lipinski definition) is 0. The number of nitrogens with zero attached hydrogens (tertiary/aromatic N) is 2. The summed E-state index contributed by atoms with van der Waals surface area (Å²) in [6.45, 7) is 4.14. The summed E-state index contributed by atoms with van der Waals surface area (Å²) in [5, 5.41) is 4.14. The van der Waals surface area contributed by atoms with Crippen molar-refractivity contribution in [2.24, 2.45) is 0 Å². The molecule has 1 fully saturated rings. The highest BCUT2D eigenvalue weighted by molar-refractivity contribution is 7.89. The summed E-state index contributed by atoms with van der Waals surface area (Å²) in [4.78, 5) is 0.375. The predicted octanol–water partition coefficient (Wildman–Crippen LogP) is 0.604. The molecule has 87 valence electrons. The number of aryl methyl sites for hydroxylation is 1. The van der Waals surface area contributed by atoms with Crippen LogP contribution in [0.15, 0.2) is 29.2 Å². The molecule has 1 saturated heterocycles. The first-order valence-electron chi connectivity index (χ1n) is 5.31. The van der Waals surface area contributed by atoms with Gasteiger partial charge >= 0.3 is 0 Å². The van der Waals surface area contributed by atoms with E-state index in [-0.39, 0.29) is 0 Å². The molecular formula is C11H15N2O2S. The highest BCUT2D eigenvalue weighted by Crippen LogP contribution is 2.16. The van der Waals surface area contributed by atoms with Gasteiger partial charge in [0, 0.05) is 26.2 Å². The van der Waals surface area contributed by atoms with Gasteiger partial charge in [0.15, 0.2) is 0 Å². The van der Waals surface area contributed by atoms with Crippen LogP contribution in [-0.4, -0.2) is 38.9 Å². The summed E-state index contributed by atoms with van der Waals surface area (Å²) >= 11 is 0. The van der Waals surface area contributed by atoms with Gasteiger partial charge in [0.25, 0.3) is 0 Å². The van der Waals surface area contributed by atoms with Gasteiger partial charge in [0.1, 0.15) is 0 Å². The topological polar surface area (TPSA) is 51.5 Å². The van der Waals surface area contributed by atoms with Crippen LogP contribution in [0.5, 0.6) is 0 Å². The first-order valence-corrected chi connectivity index (χ1v) is 6.75. The van der Waals surface area contributed by atoms with Gasteiger partial charge in [-0.25, -0.2) is 13.7 Å². The summed E-state index contributed by atoms with van der Waals surface area (Å²) in [7, 11) is -3.31. The van der Waals surface area contributed by atoms with Crippen molar-refractivity contribution in [3.05, 3.63) is 29.8 Å². The predicted molar refractivity (Wildman–Crippen MR) is 61.8 cm³/mol. The molecule has 1 aromatic rings. The summed E-state index contributed by atoms with van der Waals surface area (Å²) < 4.78 is 25.9. The third-order valence-corrected chi connectivity index (χ3v) is 4.59. The summed E-state index contributed by atoms with van der Waals surface area (Å²) in [5.74, 6) is 0. The lowest BCUT2D eigenvalue weighted by atomic mass is 10.2. The quantitative estimate of drug-likeness (QED) is 0.759. The Morgan fingerprint density at radius 3 is 2.25 bits per heavy atom. The normalized spacial score (nSPS) is 18.6. The third-order valence-electron chi connectivity index (χ3n) is 2.67. The molecule has 0 amide bonds.